The predicted molar refractivity (Wildman–Crippen MR) is 79.2 cm³/mol. The lowest BCUT2D eigenvalue weighted by Crippen LogP contribution is -2.43. The molecule has 1 aliphatic rings. The number of carbonyl (C=O) groups excluding carboxylic acids is 1. The van der Waals surface area contributed by atoms with Gasteiger partial charge in [0.2, 0.25) is 5.95 Å². The van der Waals surface area contributed by atoms with Crippen LogP contribution in [0.25, 0.3) is 0 Å². The van der Waals surface area contributed by atoms with Crippen LogP contribution in [0.2, 0.25) is 0 Å². The molecule has 0 aromatic carbocycles. The van der Waals surface area contributed by atoms with Crippen LogP contribution in [0.15, 0.2) is 31.0 Å². The molecule has 0 aliphatic heterocycles. The second-order valence-corrected chi connectivity index (χ2v) is 5.17. The number of hydrogen-bond donors (Lipinski definition) is 1. The highest BCUT2D eigenvalue weighted by atomic mass is 16.5. The van der Waals surface area contributed by atoms with Crippen molar-refractivity contribution in [3.05, 3.63) is 42.2 Å². The van der Waals surface area contributed by atoms with Crippen molar-refractivity contribution in [1.82, 2.24) is 19.9 Å². The molecule has 0 amide bonds. The Balaban J connectivity index is 1.76. The summed E-state index contributed by atoms with van der Waals surface area (Å²) in [5.41, 5.74) is 0.966. The fraction of sp³-hybridized carbons (Fsp3) is 0.400. The molecule has 1 N–H and O–H groups in total. The van der Waals surface area contributed by atoms with Crippen LogP contribution in [-0.2, 0) is 10.3 Å². The molecule has 0 atom stereocenters. The molecular weight excluding hydrogens is 282 g/mol. The van der Waals surface area contributed by atoms with E-state index >= 15 is 0 Å². The molecule has 0 bridgehead atoms. The third-order valence-electron chi connectivity index (χ3n) is 3.77. The number of ether oxygens (including phenoxy) is 1. The van der Waals surface area contributed by atoms with Crippen LogP contribution in [0.3, 0.4) is 0 Å². The van der Waals surface area contributed by atoms with E-state index < -0.39 is 5.97 Å². The van der Waals surface area contributed by atoms with E-state index in [1.807, 2.05) is 0 Å². The Bertz CT molecular complexity index is 641. The largest absolute Gasteiger partial charge is 0.462 e. The van der Waals surface area contributed by atoms with Gasteiger partial charge in [0.05, 0.1) is 29.6 Å². The first kappa shape index (κ1) is 14.4. The quantitative estimate of drug-likeness (QED) is 0.844. The molecule has 7 heteroatoms. The predicted octanol–water partition coefficient (Wildman–Crippen LogP) is 1.93. The standard InChI is InChI=1S/C15H17N5O2/c1-2-22-13(21)11-8-18-14(19-9-11)20-15(4-3-5-15)12-10-16-6-7-17-12/h6-10H,2-5H2,1H3,(H,18,19,20). The smallest absolute Gasteiger partial charge is 0.341 e. The maximum atomic E-state index is 11.6. The van der Waals surface area contributed by atoms with Crippen LogP contribution in [0.1, 0.15) is 42.2 Å². The van der Waals surface area contributed by atoms with Crippen LogP contribution < -0.4 is 5.32 Å². The second-order valence-electron chi connectivity index (χ2n) is 5.17. The van der Waals surface area contributed by atoms with Gasteiger partial charge in [-0.1, -0.05) is 0 Å². The van der Waals surface area contributed by atoms with Gasteiger partial charge in [0.25, 0.3) is 0 Å². The number of nitrogens with one attached hydrogen (secondary N) is 1. The fourth-order valence-electron chi connectivity index (χ4n) is 2.45. The summed E-state index contributed by atoms with van der Waals surface area (Å²) in [6.07, 6.45) is 11.1. The Morgan fingerprint density at radius 1 is 1.23 bits per heavy atom. The average molecular weight is 299 g/mol. The summed E-state index contributed by atoms with van der Waals surface area (Å²) in [5.74, 6) is 0.0553. The van der Waals surface area contributed by atoms with Crippen molar-refractivity contribution < 1.29 is 9.53 Å². The van der Waals surface area contributed by atoms with E-state index in [1.54, 1.807) is 25.5 Å². The fourth-order valence-corrected chi connectivity index (χ4v) is 2.45. The van der Waals surface area contributed by atoms with Gasteiger partial charge in [0.15, 0.2) is 0 Å². The maximum Gasteiger partial charge on any atom is 0.341 e. The molecule has 1 saturated carbocycles. The molecule has 0 spiro atoms. The molecule has 2 aromatic heterocycles. The Morgan fingerprint density at radius 3 is 2.55 bits per heavy atom. The summed E-state index contributed by atoms with van der Waals surface area (Å²) in [6.45, 7) is 2.09. The number of aromatic nitrogens is 4. The zero-order valence-corrected chi connectivity index (χ0v) is 12.3. The zero-order chi connectivity index (χ0) is 15.4. The summed E-state index contributed by atoms with van der Waals surface area (Å²) in [4.78, 5) is 28.5. The SMILES string of the molecule is CCOC(=O)c1cnc(NC2(c3cnccn3)CCC2)nc1. The first-order chi connectivity index (χ1) is 10.7. The Kier molecular flexibility index (Phi) is 3.95. The van der Waals surface area contributed by atoms with Crippen molar-refractivity contribution in [3.63, 3.8) is 0 Å². The van der Waals surface area contributed by atoms with Gasteiger partial charge in [-0.15, -0.1) is 0 Å². The van der Waals surface area contributed by atoms with Crippen LogP contribution in [0.5, 0.6) is 0 Å². The van der Waals surface area contributed by atoms with Gasteiger partial charge in [-0.2, -0.15) is 0 Å². The topological polar surface area (TPSA) is 89.9 Å². The number of carbonyl (C=O) groups is 1. The summed E-state index contributed by atoms with van der Waals surface area (Å²) in [5, 5.41) is 3.33. The maximum absolute atomic E-state index is 11.6. The van der Waals surface area contributed by atoms with E-state index in [9.17, 15) is 4.79 Å². The number of rotatable bonds is 5. The molecule has 2 heterocycles. The minimum absolute atomic E-state index is 0.264. The third-order valence-corrected chi connectivity index (χ3v) is 3.77. The normalized spacial score (nSPS) is 15.7. The van der Waals surface area contributed by atoms with Crippen molar-refractivity contribution >= 4 is 11.9 Å². The van der Waals surface area contributed by atoms with Crippen molar-refractivity contribution in [2.45, 2.75) is 31.7 Å². The first-order valence-electron chi connectivity index (χ1n) is 7.27. The van der Waals surface area contributed by atoms with Gasteiger partial charge in [-0.25, -0.2) is 14.8 Å². The average Bonchev–Trinajstić information content (AvgIpc) is 2.52. The third kappa shape index (κ3) is 2.74. The monoisotopic (exact) mass is 299 g/mol. The Hall–Kier alpha value is -2.57. The van der Waals surface area contributed by atoms with Gasteiger partial charge in [-0.3, -0.25) is 9.97 Å². The van der Waals surface area contributed by atoms with E-state index in [4.69, 9.17) is 4.74 Å². The van der Waals surface area contributed by atoms with Gasteiger partial charge in [0, 0.05) is 24.8 Å². The molecule has 0 saturated heterocycles. The molecule has 1 fully saturated rings. The highest BCUT2D eigenvalue weighted by molar-refractivity contribution is 5.88. The summed E-state index contributed by atoms with van der Waals surface area (Å²) < 4.78 is 4.91. The number of nitrogens with zero attached hydrogens (tertiary/aromatic N) is 4. The molecule has 0 unspecified atom stereocenters. The minimum atomic E-state index is -0.415. The van der Waals surface area contributed by atoms with E-state index in [0.717, 1.165) is 25.0 Å². The molecule has 22 heavy (non-hydrogen) atoms. The van der Waals surface area contributed by atoms with Gasteiger partial charge >= 0.3 is 5.97 Å². The first-order valence-corrected chi connectivity index (χ1v) is 7.27. The van der Waals surface area contributed by atoms with Crippen LogP contribution in [0, 0.1) is 0 Å². The van der Waals surface area contributed by atoms with Crippen molar-refractivity contribution in [3.8, 4) is 0 Å². The van der Waals surface area contributed by atoms with E-state index in [-0.39, 0.29) is 5.54 Å². The van der Waals surface area contributed by atoms with E-state index in [0.29, 0.717) is 18.1 Å². The highest BCUT2D eigenvalue weighted by Gasteiger charge is 2.40. The van der Waals surface area contributed by atoms with Gasteiger partial charge in [0.1, 0.15) is 0 Å². The lowest BCUT2D eigenvalue weighted by molar-refractivity contribution is 0.0525. The van der Waals surface area contributed by atoms with Crippen LogP contribution in [0.4, 0.5) is 5.95 Å². The summed E-state index contributed by atoms with van der Waals surface area (Å²) in [6, 6.07) is 0. The number of esters is 1. The van der Waals surface area contributed by atoms with Gasteiger partial charge < -0.3 is 10.1 Å². The highest BCUT2D eigenvalue weighted by Crippen LogP contribution is 2.42. The summed E-state index contributed by atoms with van der Waals surface area (Å²) >= 11 is 0. The zero-order valence-electron chi connectivity index (χ0n) is 12.3. The lowest BCUT2D eigenvalue weighted by atomic mass is 9.74. The second kappa shape index (κ2) is 6.05. The molecule has 0 radical (unpaired) electrons. The van der Waals surface area contributed by atoms with E-state index in [1.165, 1.54) is 12.4 Å². The number of anilines is 1. The molecular formula is C15H17N5O2. The summed E-state index contributed by atoms with van der Waals surface area (Å²) in [7, 11) is 0. The molecule has 2 aromatic rings. The van der Waals surface area contributed by atoms with Crippen molar-refractivity contribution in [1.29, 1.82) is 0 Å². The molecule has 114 valence electrons. The van der Waals surface area contributed by atoms with Crippen molar-refractivity contribution in [2.75, 3.05) is 11.9 Å². The number of hydrogen-bond acceptors (Lipinski definition) is 7. The van der Waals surface area contributed by atoms with E-state index in [2.05, 4.69) is 25.3 Å². The molecule has 7 nitrogen and oxygen atoms in total. The minimum Gasteiger partial charge on any atom is -0.462 e. The molecule has 1 aliphatic carbocycles. The Morgan fingerprint density at radius 2 is 2.00 bits per heavy atom. The van der Waals surface area contributed by atoms with Crippen LogP contribution in [-0.4, -0.2) is 32.5 Å². The van der Waals surface area contributed by atoms with Crippen molar-refractivity contribution in [2.24, 2.45) is 0 Å². The lowest BCUT2D eigenvalue weighted by Gasteiger charge is -2.41. The Labute approximate surface area is 128 Å². The molecule has 3 rings (SSSR count). The van der Waals surface area contributed by atoms with Crippen LogP contribution >= 0.6 is 0 Å². The van der Waals surface area contributed by atoms with Gasteiger partial charge in [-0.05, 0) is 26.2 Å².